The predicted molar refractivity (Wildman–Crippen MR) is 78.6 cm³/mol. The molecule has 0 saturated heterocycles. The third kappa shape index (κ3) is 1.05. The van der Waals surface area contributed by atoms with Crippen molar-refractivity contribution in [1.82, 2.24) is 8.97 Å². The molecule has 5 rings (SSSR count). The standard InChI is InChI=1S/C17H14N3/c1-18-16-14-8-4-5-9-19(14)11-15(16)20-10-12-6-2-3-7-13(12)17(18)20/h2-9,11H,10H2,1H3/q+1. The monoisotopic (exact) mass is 260 g/mol. The lowest BCUT2D eigenvalue weighted by Gasteiger charge is -1.96. The molecular formula is C17H14N3+. The number of hydrogen-bond acceptors (Lipinski definition) is 0. The SMILES string of the molecule is C[n+]1c2n(c3cn4ccccc4c31)Cc1ccccc1-2. The lowest BCUT2D eigenvalue weighted by molar-refractivity contribution is -0.633. The van der Waals surface area contributed by atoms with Crippen LogP contribution in [0.5, 0.6) is 0 Å². The van der Waals surface area contributed by atoms with E-state index in [1.54, 1.807) is 0 Å². The largest absolute Gasteiger partial charge is 0.316 e. The molecule has 96 valence electrons. The fourth-order valence-electron chi connectivity index (χ4n) is 3.57. The van der Waals surface area contributed by atoms with Crippen LogP contribution in [0.15, 0.2) is 54.9 Å². The summed E-state index contributed by atoms with van der Waals surface area (Å²) < 4.78 is 6.96. The van der Waals surface area contributed by atoms with Crippen molar-refractivity contribution in [2.75, 3.05) is 0 Å². The molecule has 0 bridgehead atoms. The molecule has 0 saturated carbocycles. The van der Waals surface area contributed by atoms with Crippen LogP contribution in [0.2, 0.25) is 0 Å². The van der Waals surface area contributed by atoms with Crippen molar-refractivity contribution in [2.45, 2.75) is 6.54 Å². The summed E-state index contributed by atoms with van der Waals surface area (Å²) in [4.78, 5) is 0. The summed E-state index contributed by atoms with van der Waals surface area (Å²) >= 11 is 0. The number of hydrogen-bond donors (Lipinski definition) is 0. The van der Waals surface area contributed by atoms with Crippen molar-refractivity contribution in [3.8, 4) is 11.4 Å². The van der Waals surface area contributed by atoms with Gasteiger partial charge in [0.1, 0.15) is 6.54 Å². The molecule has 0 spiro atoms. The van der Waals surface area contributed by atoms with Crippen molar-refractivity contribution in [3.63, 3.8) is 0 Å². The number of rotatable bonds is 0. The molecular weight excluding hydrogens is 246 g/mol. The maximum absolute atomic E-state index is 2.42. The van der Waals surface area contributed by atoms with Crippen molar-refractivity contribution in [1.29, 1.82) is 0 Å². The Kier molecular flexibility index (Phi) is 1.70. The molecule has 0 N–H and O–H groups in total. The smallest absolute Gasteiger partial charge is 0.290 e. The molecule has 1 aromatic carbocycles. The van der Waals surface area contributed by atoms with Gasteiger partial charge in [-0.05, 0) is 18.2 Å². The fourth-order valence-corrected chi connectivity index (χ4v) is 3.57. The molecule has 1 aliphatic heterocycles. The van der Waals surface area contributed by atoms with Crippen LogP contribution in [0.1, 0.15) is 5.56 Å². The van der Waals surface area contributed by atoms with Gasteiger partial charge in [0, 0.05) is 11.8 Å². The molecule has 1 aliphatic rings. The van der Waals surface area contributed by atoms with Gasteiger partial charge in [-0.3, -0.25) is 0 Å². The van der Waals surface area contributed by atoms with Crippen LogP contribution in [0.4, 0.5) is 0 Å². The number of aryl methyl sites for hydroxylation is 1. The third-order valence-electron chi connectivity index (χ3n) is 4.42. The molecule has 0 fully saturated rings. The van der Waals surface area contributed by atoms with E-state index in [2.05, 4.69) is 75.4 Å². The van der Waals surface area contributed by atoms with E-state index in [1.165, 1.54) is 33.5 Å². The first kappa shape index (κ1) is 10.3. The van der Waals surface area contributed by atoms with Crippen LogP contribution in [0.3, 0.4) is 0 Å². The van der Waals surface area contributed by atoms with Crippen molar-refractivity contribution >= 4 is 16.6 Å². The van der Waals surface area contributed by atoms with E-state index >= 15 is 0 Å². The fraction of sp³-hybridized carbons (Fsp3) is 0.118. The van der Waals surface area contributed by atoms with E-state index in [9.17, 15) is 0 Å². The number of imidazole rings is 1. The zero-order chi connectivity index (χ0) is 13.3. The van der Waals surface area contributed by atoms with Crippen molar-refractivity contribution < 1.29 is 4.57 Å². The minimum Gasteiger partial charge on any atom is -0.316 e. The second-order valence-electron chi connectivity index (χ2n) is 5.48. The Morgan fingerprint density at radius 1 is 1.00 bits per heavy atom. The minimum absolute atomic E-state index is 0.972. The highest BCUT2D eigenvalue weighted by molar-refractivity contribution is 5.92. The number of aromatic nitrogens is 3. The highest BCUT2D eigenvalue weighted by Gasteiger charge is 2.33. The van der Waals surface area contributed by atoms with Gasteiger partial charge in [0.2, 0.25) is 0 Å². The minimum atomic E-state index is 0.972. The first-order valence-electron chi connectivity index (χ1n) is 6.91. The first-order chi connectivity index (χ1) is 9.84. The molecule has 3 nitrogen and oxygen atoms in total. The molecule has 3 heteroatoms. The zero-order valence-electron chi connectivity index (χ0n) is 11.2. The number of benzene rings is 1. The number of pyridine rings is 1. The lowest BCUT2D eigenvalue weighted by atomic mass is 10.1. The van der Waals surface area contributed by atoms with E-state index in [0.29, 0.717) is 0 Å². The summed E-state index contributed by atoms with van der Waals surface area (Å²) in [5.74, 6) is 1.32. The van der Waals surface area contributed by atoms with E-state index in [1.807, 2.05) is 0 Å². The van der Waals surface area contributed by atoms with E-state index in [-0.39, 0.29) is 0 Å². The summed E-state index contributed by atoms with van der Waals surface area (Å²) in [6, 6.07) is 15.1. The van der Waals surface area contributed by atoms with Crippen molar-refractivity contribution in [3.05, 3.63) is 60.4 Å². The highest BCUT2D eigenvalue weighted by Crippen LogP contribution is 2.34. The maximum Gasteiger partial charge on any atom is 0.290 e. The van der Waals surface area contributed by atoms with Gasteiger partial charge in [0.05, 0.1) is 24.3 Å². The summed E-state index contributed by atoms with van der Waals surface area (Å²) in [5.41, 5.74) is 6.67. The van der Waals surface area contributed by atoms with Crippen LogP contribution >= 0.6 is 0 Å². The maximum atomic E-state index is 2.42. The van der Waals surface area contributed by atoms with Gasteiger partial charge in [-0.25, -0.2) is 9.13 Å². The van der Waals surface area contributed by atoms with Gasteiger partial charge in [0.15, 0.2) is 11.0 Å². The van der Waals surface area contributed by atoms with Crippen LogP contribution in [0.25, 0.3) is 27.9 Å². The van der Waals surface area contributed by atoms with E-state index in [4.69, 9.17) is 0 Å². The summed E-state index contributed by atoms with van der Waals surface area (Å²) in [5, 5.41) is 0. The number of fused-ring (bicyclic) bond motifs is 7. The van der Waals surface area contributed by atoms with Gasteiger partial charge < -0.3 is 4.40 Å². The molecule has 0 amide bonds. The zero-order valence-corrected chi connectivity index (χ0v) is 11.2. The van der Waals surface area contributed by atoms with Crippen molar-refractivity contribution in [2.24, 2.45) is 7.05 Å². The highest BCUT2D eigenvalue weighted by atomic mass is 15.2. The molecule has 0 aliphatic carbocycles. The van der Waals surface area contributed by atoms with Crippen LogP contribution in [-0.2, 0) is 13.6 Å². The molecule has 4 aromatic rings. The van der Waals surface area contributed by atoms with E-state index < -0.39 is 0 Å². The van der Waals surface area contributed by atoms with E-state index in [0.717, 1.165) is 6.54 Å². The predicted octanol–water partition coefficient (Wildman–Crippen LogP) is 2.75. The Hall–Kier alpha value is -2.55. The molecule has 4 heterocycles. The van der Waals surface area contributed by atoms with Gasteiger partial charge in [-0.15, -0.1) is 0 Å². The third-order valence-corrected chi connectivity index (χ3v) is 4.42. The Morgan fingerprint density at radius 3 is 2.80 bits per heavy atom. The van der Waals surface area contributed by atoms with Gasteiger partial charge in [-0.2, -0.15) is 0 Å². The molecule has 3 aromatic heterocycles. The average Bonchev–Trinajstić information content (AvgIpc) is 3.10. The molecule has 0 unspecified atom stereocenters. The second kappa shape index (κ2) is 3.31. The normalized spacial score (nSPS) is 13.1. The Balaban J connectivity index is 1.98. The Bertz CT molecular complexity index is 988. The topological polar surface area (TPSA) is 13.2 Å². The molecule has 20 heavy (non-hydrogen) atoms. The Labute approximate surface area is 116 Å². The van der Waals surface area contributed by atoms with Gasteiger partial charge in [0.25, 0.3) is 5.82 Å². The van der Waals surface area contributed by atoms with Crippen LogP contribution < -0.4 is 4.57 Å². The summed E-state index contributed by atoms with van der Waals surface area (Å²) in [7, 11) is 2.17. The first-order valence-corrected chi connectivity index (χ1v) is 6.91. The quantitative estimate of drug-likeness (QED) is 0.380. The molecule has 0 radical (unpaired) electrons. The number of nitrogens with zero attached hydrogens (tertiary/aromatic N) is 3. The van der Waals surface area contributed by atoms with Crippen LogP contribution in [0, 0.1) is 0 Å². The van der Waals surface area contributed by atoms with Gasteiger partial charge >= 0.3 is 0 Å². The lowest BCUT2D eigenvalue weighted by Crippen LogP contribution is -2.29. The average molecular weight is 260 g/mol. The van der Waals surface area contributed by atoms with Gasteiger partial charge in [-0.1, -0.05) is 24.3 Å². The second-order valence-corrected chi connectivity index (χ2v) is 5.48. The summed E-state index contributed by atoms with van der Waals surface area (Å²) in [6.07, 6.45) is 4.35. The molecule has 0 atom stereocenters. The van der Waals surface area contributed by atoms with Crippen LogP contribution in [-0.4, -0.2) is 8.97 Å². The summed E-state index contributed by atoms with van der Waals surface area (Å²) in [6.45, 7) is 0.972. The Morgan fingerprint density at radius 2 is 1.85 bits per heavy atom.